The number of aryl methyl sites for hydroxylation is 1. The molecule has 1 N–H and O–H groups in total. The Morgan fingerprint density at radius 2 is 2.22 bits per heavy atom. The molecule has 96 valence electrons. The van der Waals surface area contributed by atoms with Gasteiger partial charge in [0.1, 0.15) is 0 Å². The van der Waals surface area contributed by atoms with Crippen LogP contribution in [0.1, 0.15) is 30.9 Å². The summed E-state index contributed by atoms with van der Waals surface area (Å²) in [7, 11) is -3.46. The summed E-state index contributed by atoms with van der Waals surface area (Å²) in [5.74, 6) is 0.471. The number of hydrogen-bond donors (Lipinski definition) is 1. The number of nitriles is 1. The third kappa shape index (κ3) is 2.55. The van der Waals surface area contributed by atoms with E-state index in [-0.39, 0.29) is 10.9 Å². The van der Waals surface area contributed by atoms with Gasteiger partial charge in [0.25, 0.3) is 0 Å². The Hall–Kier alpha value is -1.38. The Balaban J connectivity index is 2.23. The molecule has 0 saturated heterocycles. The molecule has 4 nitrogen and oxygen atoms in total. The summed E-state index contributed by atoms with van der Waals surface area (Å²) in [6.45, 7) is 3.77. The smallest absolute Gasteiger partial charge is 0.208 e. The van der Waals surface area contributed by atoms with Crippen molar-refractivity contribution in [2.75, 3.05) is 0 Å². The number of rotatable bonds is 4. The van der Waals surface area contributed by atoms with Crippen molar-refractivity contribution in [1.29, 1.82) is 5.26 Å². The molecule has 1 saturated carbocycles. The van der Waals surface area contributed by atoms with Crippen LogP contribution in [0.5, 0.6) is 0 Å². The van der Waals surface area contributed by atoms with E-state index in [1.54, 1.807) is 13.0 Å². The van der Waals surface area contributed by atoms with Crippen molar-refractivity contribution in [3.8, 4) is 6.07 Å². The Bertz CT molecular complexity index is 602. The molecule has 0 radical (unpaired) electrons. The van der Waals surface area contributed by atoms with Crippen LogP contribution in [0.25, 0.3) is 0 Å². The standard InChI is InChI=1S/C13H16N2O2S/c1-3-11-7-12(11)15-18(16,17)13-5-4-10(8-14)6-9(13)2/h4-6,11-12,15H,3,7H2,1-2H3. The van der Waals surface area contributed by atoms with E-state index >= 15 is 0 Å². The highest BCUT2D eigenvalue weighted by molar-refractivity contribution is 7.89. The molecule has 0 aliphatic heterocycles. The van der Waals surface area contributed by atoms with Gasteiger partial charge < -0.3 is 0 Å². The lowest BCUT2D eigenvalue weighted by Gasteiger charge is -2.09. The third-order valence-corrected chi connectivity index (χ3v) is 5.00. The SMILES string of the molecule is CCC1CC1NS(=O)(=O)c1ccc(C#N)cc1C. The number of nitrogens with one attached hydrogen (secondary N) is 1. The van der Waals surface area contributed by atoms with E-state index < -0.39 is 10.0 Å². The van der Waals surface area contributed by atoms with Crippen molar-refractivity contribution in [2.24, 2.45) is 5.92 Å². The summed E-state index contributed by atoms with van der Waals surface area (Å²) >= 11 is 0. The maximum absolute atomic E-state index is 12.2. The minimum absolute atomic E-state index is 0.0787. The van der Waals surface area contributed by atoms with E-state index in [4.69, 9.17) is 5.26 Å². The summed E-state index contributed by atoms with van der Waals surface area (Å²) in [4.78, 5) is 0.267. The Labute approximate surface area is 108 Å². The average molecular weight is 264 g/mol. The van der Waals surface area contributed by atoms with E-state index in [9.17, 15) is 8.42 Å². The number of nitrogens with zero attached hydrogens (tertiary/aromatic N) is 1. The van der Waals surface area contributed by atoms with Gasteiger partial charge in [-0.3, -0.25) is 0 Å². The van der Waals surface area contributed by atoms with Crippen LogP contribution in [0.2, 0.25) is 0 Å². The van der Waals surface area contributed by atoms with Crippen molar-refractivity contribution in [1.82, 2.24) is 4.72 Å². The van der Waals surface area contributed by atoms with Gasteiger partial charge in [-0.15, -0.1) is 0 Å². The Morgan fingerprint density at radius 3 is 2.72 bits per heavy atom. The first-order valence-electron chi connectivity index (χ1n) is 6.01. The van der Waals surface area contributed by atoms with Gasteiger partial charge in [0.05, 0.1) is 16.5 Å². The molecule has 0 bridgehead atoms. The minimum Gasteiger partial charge on any atom is -0.208 e. The van der Waals surface area contributed by atoms with E-state index in [0.717, 1.165) is 12.8 Å². The lowest BCUT2D eigenvalue weighted by atomic mass is 10.2. The van der Waals surface area contributed by atoms with Crippen LogP contribution in [-0.4, -0.2) is 14.5 Å². The summed E-state index contributed by atoms with van der Waals surface area (Å²) in [5, 5.41) is 8.76. The van der Waals surface area contributed by atoms with E-state index in [1.807, 2.05) is 6.07 Å². The zero-order chi connectivity index (χ0) is 13.3. The van der Waals surface area contributed by atoms with Crippen LogP contribution < -0.4 is 4.72 Å². The van der Waals surface area contributed by atoms with Crippen molar-refractivity contribution >= 4 is 10.0 Å². The van der Waals surface area contributed by atoms with Gasteiger partial charge >= 0.3 is 0 Å². The van der Waals surface area contributed by atoms with Gasteiger partial charge in [-0.05, 0) is 43.0 Å². The van der Waals surface area contributed by atoms with Crippen LogP contribution in [0.3, 0.4) is 0 Å². The summed E-state index contributed by atoms with van der Waals surface area (Å²) < 4.78 is 27.1. The first-order chi connectivity index (χ1) is 8.47. The molecular formula is C13H16N2O2S. The Morgan fingerprint density at radius 1 is 1.50 bits per heavy atom. The van der Waals surface area contributed by atoms with Gasteiger partial charge in [-0.1, -0.05) is 13.3 Å². The molecule has 2 rings (SSSR count). The molecule has 0 heterocycles. The second-order valence-electron chi connectivity index (χ2n) is 4.72. The molecule has 2 atom stereocenters. The van der Waals surface area contributed by atoms with Crippen LogP contribution in [-0.2, 0) is 10.0 Å². The third-order valence-electron chi connectivity index (χ3n) is 3.35. The second-order valence-corrected chi connectivity index (χ2v) is 6.41. The zero-order valence-electron chi connectivity index (χ0n) is 10.5. The molecule has 1 fully saturated rings. The lowest BCUT2D eigenvalue weighted by molar-refractivity contribution is 0.575. The monoisotopic (exact) mass is 264 g/mol. The highest BCUT2D eigenvalue weighted by Crippen LogP contribution is 2.34. The molecule has 1 aromatic carbocycles. The molecule has 1 aromatic rings. The highest BCUT2D eigenvalue weighted by atomic mass is 32.2. The maximum atomic E-state index is 12.2. The average Bonchev–Trinajstić information content (AvgIpc) is 3.06. The zero-order valence-corrected chi connectivity index (χ0v) is 11.3. The highest BCUT2D eigenvalue weighted by Gasteiger charge is 2.38. The van der Waals surface area contributed by atoms with Crippen molar-refractivity contribution in [3.63, 3.8) is 0 Å². The fourth-order valence-electron chi connectivity index (χ4n) is 2.13. The van der Waals surface area contributed by atoms with Gasteiger partial charge in [0.2, 0.25) is 10.0 Å². The molecule has 0 amide bonds. The number of hydrogen-bond acceptors (Lipinski definition) is 3. The van der Waals surface area contributed by atoms with Crippen LogP contribution in [0, 0.1) is 24.2 Å². The van der Waals surface area contributed by atoms with Crippen LogP contribution in [0.4, 0.5) is 0 Å². The van der Waals surface area contributed by atoms with Gasteiger partial charge in [0, 0.05) is 6.04 Å². The predicted molar refractivity (Wildman–Crippen MR) is 68.4 cm³/mol. The van der Waals surface area contributed by atoms with Crippen molar-refractivity contribution < 1.29 is 8.42 Å². The van der Waals surface area contributed by atoms with Crippen LogP contribution >= 0.6 is 0 Å². The molecule has 0 aromatic heterocycles. The maximum Gasteiger partial charge on any atom is 0.241 e. The first kappa shape index (κ1) is 13.1. The quantitative estimate of drug-likeness (QED) is 0.903. The summed E-state index contributed by atoms with van der Waals surface area (Å²) in [6, 6.07) is 6.71. The lowest BCUT2D eigenvalue weighted by Crippen LogP contribution is -2.27. The molecular weight excluding hydrogens is 248 g/mol. The fraction of sp³-hybridized carbons (Fsp3) is 0.462. The molecule has 18 heavy (non-hydrogen) atoms. The van der Waals surface area contributed by atoms with E-state index in [2.05, 4.69) is 11.6 Å². The van der Waals surface area contributed by atoms with Gasteiger partial charge in [-0.25, -0.2) is 13.1 Å². The molecule has 0 spiro atoms. The largest absolute Gasteiger partial charge is 0.241 e. The molecule has 1 aliphatic rings. The van der Waals surface area contributed by atoms with E-state index in [1.165, 1.54) is 12.1 Å². The molecule has 2 unspecified atom stereocenters. The van der Waals surface area contributed by atoms with Crippen molar-refractivity contribution in [2.45, 2.75) is 37.6 Å². The first-order valence-corrected chi connectivity index (χ1v) is 7.49. The summed E-state index contributed by atoms with van der Waals surface area (Å²) in [5.41, 5.74) is 1.08. The number of sulfonamides is 1. The molecule has 5 heteroatoms. The topological polar surface area (TPSA) is 70.0 Å². The normalized spacial score (nSPS) is 22.5. The molecule has 1 aliphatic carbocycles. The second kappa shape index (κ2) is 4.71. The van der Waals surface area contributed by atoms with Crippen LogP contribution in [0.15, 0.2) is 23.1 Å². The van der Waals surface area contributed by atoms with Crippen molar-refractivity contribution in [3.05, 3.63) is 29.3 Å². The minimum atomic E-state index is -3.46. The fourth-order valence-corrected chi connectivity index (χ4v) is 3.67. The number of benzene rings is 1. The predicted octanol–water partition coefficient (Wildman–Crippen LogP) is 1.94. The van der Waals surface area contributed by atoms with Gasteiger partial charge in [-0.2, -0.15) is 5.26 Å². The van der Waals surface area contributed by atoms with Gasteiger partial charge in [0.15, 0.2) is 0 Å². The Kier molecular flexibility index (Phi) is 3.42. The summed E-state index contributed by atoms with van der Waals surface area (Å²) in [6.07, 6.45) is 1.92. The van der Waals surface area contributed by atoms with E-state index in [0.29, 0.717) is 17.0 Å².